The van der Waals surface area contributed by atoms with Gasteiger partial charge in [-0.2, -0.15) is 0 Å². The first kappa shape index (κ1) is 37.4. The van der Waals surface area contributed by atoms with Gasteiger partial charge in [-0.15, -0.1) is 0 Å². The molecule has 0 bridgehead atoms. The zero-order valence-corrected chi connectivity index (χ0v) is 24.8. The molecule has 3 aliphatic rings. The van der Waals surface area contributed by atoms with Crippen LogP contribution in [0.15, 0.2) is 0 Å². The fourth-order valence-electron chi connectivity index (χ4n) is 6.02. The Kier molecular flexibility index (Phi) is 13.8. The predicted octanol–water partition coefficient (Wildman–Crippen LogP) is -6.47. The Morgan fingerprint density at radius 3 is 2.34 bits per heavy atom. The van der Waals surface area contributed by atoms with Gasteiger partial charge in [-0.25, -0.2) is 4.39 Å². The van der Waals surface area contributed by atoms with Crippen LogP contribution in [0.1, 0.15) is 19.8 Å². The molecule has 1 aliphatic carbocycles. The molecular weight excluding hydrogens is 595 g/mol. The number of carbonyl (C=O) groups excluding carboxylic acids is 1. The smallest absolute Gasteiger partial charge is 0.187 e. The number of alkyl halides is 1. The Morgan fingerprint density at radius 2 is 1.73 bits per heavy atom. The minimum atomic E-state index is -2.04. The topological polar surface area (TPSA) is 292 Å². The number of Topliss-reactive ketones (excluding diaryl/α,β-unsaturated/α-hetero) is 1. The van der Waals surface area contributed by atoms with Crippen LogP contribution in [0.3, 0.4) is 0 Å². The molecule has 3 rings (SSSR count). The molecule has 2 heterocycles. The number of ketones is 1. The van der Waals surface area contributed by atoms with E-state index in [-0.39, 0.29) is 32.7 Å². The second-order valence-electron chi connectivity index (χ2n) is 12.0. The van der Waals surface area contributed by atoms with Crippen LogP contribution in [0, 0.1) is 5.92 Å². The first-order valence-electron chi connectivity index (χ1n) is 14.7. The average Bonchev–Trinajstić information content (AvgIpc) is 2.98. The normalized spacial score (nSPS) is 44.7. The van der Waals surface area contributed by atoms with Crippen LogP contribution in [-0.4, -0.2) is 178 Å². The minimum Gasteiger partial charge on any atom is -0.395 e. The SMILES string of the molecule is CN[C@@H]1[C@@H](O)[C@@H](O[C@H]2[C@H](CC(=O)C(O)C(F)CN)C[C@H](N)C(O[C@H]3O[C@H](CNCCO)[C@@H](O)[C@H](O)[C@H]3O)[C@@H]2O)OC[C@]1(C)O. The van der Waals surface area contributed by atoms with Gasteiger partial charge >= 0.3 is 0 Å². The van der Waals surface area contributed by atoms with Gasteiger partial charge in [0, 0.05) is 32.1 Å². The molecule has 14 N–H and O–H groups in total. The summed E-state index contributed by atoms with van der Waals surface area (Å²) in [6.07, 6.45) is -19.7. The van der Waals surface area contributed by atoms with E-state index in [9.17, 15) is 44.9 Å². The fourth-order valence-corrected chi connectivity index (χ4v) is 6.02. The highest BCUT2D eigenvalue weighted by molar-refractivity contribution is 5.83. The van der Waals surface area contributed by atoms with Crippen molar-refractivity contribution < 1.29 is 69.0 Å². The van der Waals surface area contributed by atoms with Crippen LogP contribution >= 0.6 is 0 Å². The Balaban J connectivity index is 1.84. The number of nitrogens with one attached hydrogen (secondary N) is 2. The van der Waals surface area contributed by atoms with Gasteiger partial charge in [0.15, 0.2) is 18.4 Å². The van der Waals surface area contributed by atoms with E-state index in [0.717, 1.165) is 0 Å². The Hall–Kier alpha value is -1.04. The Morgan fingerprint density at radius 1 is 1.07 bits per heavy atom. The number of hydrogen-bond acceptors (Lipinski definition) is 17. The Labute approximate surface area is 254 Å². The van der Waals surface area contributed by atoms with Crippen molar-refractivity contribution >= 4 is 5.78 Å². The van der Waals surface area contributed by atoms with Crippen molar-refractivity contribution in [2.24, 2.45) is 17.4 Å². The highest BCUT2D eigenvalue weighted by Crippen LogP contribution is 2.36. The van der Waals surface area contributed by atoms with E-state index in [4.69, 9.17) is 35.5 Å². The summed E-state index contributed by atoms with van der Waals surface area (Å²) in [5, 5.41) is 89.1. The molecule has 3 fully saturated rings. The van der Waals surface area contributed by atoms with Crippen molar-refractivity contribution in [3.8, 4) is 0 Å². The number of likely N-dealkylation sites (N-methyl/N-ethyl adjacent to an activating group) is 1. The molecule has 2 aliphatic heterocycles. The van der Waals surface area contributed by atoms with Gasteiger partial charge in [0.1, 0.15) is 60.6 Å². The third-order valence-electron chi connectivity index (χ3n) is 8.52. The maximum atomic E-state index is 14.0. The number of halogens is 1. The van der Waals surface area contributed by atoms with Crippen molar-refractivity contribution in [3.05, 3.63) is 0 Å². The number of rotatable bonds is 14. The van der Waals surface area contributed by atoms with Crippen molar-refractivity contribution in [2.45, 2.75) is 111 Å². The van der Waals surface area contributed by atoms with Crippen LogP contribution < -0.4 is 22.1 Å². The summed E-state index contributed by atoms with van der Waals surface area (Å²) >= 11 is 0. The number of hydrogen-bond donors (Lipinski definition) is 12. The van der Waals surface area contributed by atoms with Crippen LogP contribution in [0.5, 0.6) is 0 Å². The lowest BCUT2D eigenvalue weighted by atomic mass is 9.76. The lowest BCUT2D eigenvalue weighted by molar-refractivity contribution is -0.333. The molecule has 1 saturated carbocycles. The average molecular weight is 645 g/mol. The highest BCUT2D eigenvalue weighted by atomic mass is 19.1. The maximum absolute atomic E-state index is 14.0. The second-order valence-corrected chi connectivity index (χ2v) is 12.0. The van der Waals surface area contributed by atoms with Gasteiger partial charge in [-0.3, -0.25) is 4.79 Å². The molecule has 0 spiro atoms. The molecule has 17 nitrogen and oxygen atoms in total. The van der Waals surface area contributed by atoms with E-state index < -0.39 is 116 Å². The molecule has 0 aromatic carbocycles. The number of nitrogens with two attached hydrogens (primary N) is 2. The van der Waals surface area contributed by atoms with Crippen molar-refractivity contribution in [1.82, 2.24) is 10.6 Å². The van der Waals surface area contributed by atoms with Crippen molar-refractivity contribution in [1.29, 1.82) is 0 Å². The van der Waals surface area contributed by atoms with Gasteiger partial charge < -0.3 is 81.9 Å². The number of aliphatic hydroxyl groups is 8. The molecular formula is C26H49FN4O13. The van der Waals surface area contributed by atoms with Crippen LogP contribution in [0.2, 0.25) is 0 Å². The number of aliphatic hydroxyl groups excluding tert-OH is 7. The molecule has 44 heavy (non-hydrogen) atoms. The zero-order chi connectivity index (χ0) is 32.9. The molecule has 0 aromatic heterocycles. The van der Waals surface area contributed by atoms with Crippen molar-refractivity contribution in [3.63, 3.8) is 0 Å². The number of ether oxygens (including phenoxy) is 4. The molecule has 16 atom stereocenters. The van der Waals surface area contributed by atoms with E-state index in [0.29, 0.717) is 0 Å². The summed E-state index contributed by atoms with van der Waals surface area (Å²) in [5.74, 6) is -1.89. The molecule has 2 saturated heterocycles. The lowest BCUT2D eigenvalue weighted by Crippen LogP contribution is -2.67. The van der Waals surface area contributed by atoms with Gasteiger partial charge in [0.2, 0.25) is 0 Å². The van der Waals surface area contributed by atoms with Gasteiger partial charge in [0.05, 0.1) is 25.4 Å². The van der Waals surface area contributed by atoms with Crippen LogP contribution in [0.25, 0.3) is 0 Å². The molecule has 0 aromatic rings. The predicted molar refractivity (Wildman–Crippen MR) is 147 cm³/mol. The summed E-state index contributed by atoms with van der Waals surface area (Å²) in [6, 6.07) is -1.98. The standard InChI is InChI=1S/C26H49FN4O13/c1-26(40)9-41-24(20(39)23(26)30-2)43-21-10(6-13(33)15(34)11(27)7-28)5-12(29)22(19(21)38)44-25-18(37)17(36)16(35)14(42-25)8-31-3-4-32/h10-12,14-25,30-32,34-40H,3-9,28-29H2,1-2H3/t10-,11?,12-,14+,15?,16+,17-,18+,19+,20+,21-,22?,23+,24+,25+,26-/m0/s1. The van der Waals surface area contributed by atoms with Gasteiger partial charge in [-0.05, 0) is 26.3 Å². The summed E-state index contributed by atoms with van der Waals surface area (Å²) in [6.45, 7) is 0.470. The lowest BCUT2D eigenvalue weighted by Gasteiger charge is -2.49. The van der Waals surface area contributed by atoms with Gasteiger partial charge in [-0.1, -0.05) is 0 Å². The summed E-state index contributed by atoms with van der Waals surface area (Å²) < 4.78 is 37.1. The maximum Gasteiger partial charge on any atom is 0.187 e. The van der Waals surface area contributed by atoms with E-state index in [1.165, 1.54) is 14.0 Å². The van der Waals surface area contributed by atoms with Crippen LogP contribution in [0.4, 0.5) is 4.39 Å². The fraction of sp³-hybridized carbons (Fsp3) is 0.962. The van der Waals surface area contributed by atoms with E-state index in [1.807, 2.05) is 0 Å². The Bertz CT molecular complexity index is 912. The minimum absolute atomic E-state index is 0.0332. The third-order valence-corrected chi connectivity index (χ3v) is 8.52. The molecule has 0 amide bonds. The molecule has 18 heteroatoms. The van der Waals surface area contributed by atoms with E-state index in [1.54, 1.807) is 0 Å². The molecule has 0 radical (unpaired) electrons. The number of carbonyl (C=O) groups is 1. The van der Waals surface area contributed by atoms with Crippen molar-refractivity contribution in [2.75, 3.05) is 39.9 Å². The third kappa shape index (κ3) is 8.45. The van der Waals surface area contributed by atoms with Gasteiger partial charge in [0.25, 0.3) is 0 Å². The summed E-state index contributed by atoms with van der Waals surface area (Å²) in [5.41, 5.74) is 10.1. The van der Waals surface area contributed by atoms with Crippen LogP contribution in [-0.2, 0) is 23.7 Å². The zero-order valence-electron chi connectivity index (χ0n) is 24.8. The largest absolute Gasteiger partial charge is 0.395 e. The van der Waals surface area contributed by atoms with E-state index in [2.05, 4.69) is 10.6 Å². The highest BCUT2D eigenvalue weighted by Gasteiger charge is 2.53. The summed E-state index contributed by atoms with van der Waals surface area (Å²) in [7, 11) is 1.50. The summed E-state index contributed by atoms with van der Waals surface area (Å²) in [4.78, 5) is 12.8. The first-order chi connectivity index (χ1) is 20.7. The first-order valence-corrected chi connectivity index (χ1v) is 14.7. The quantitative estimate of drug-likeness (QED) is 0.0783. The second kappa shape index (κ2) is 16.2. The van der Waals surface area contributed by atoms with E-state index >= 15 is 0 Å². The monoisotopic (exact) mass is 644 g/mol. The molecule has 3 unspecified atom stereocenters. The molecule has 258 valence electrons.